The molecule has 1 aromatic carbocycles. The second kappa shape index (κ2) is 5.82. The number of benzene rings is 1. The molecule has 1 aromatic rings. The molecule has 4 heteroatoms. The van der Waals surface area contributed by atoms with Crippen LogP contribution in [0.1, 0.15) is 25.8 Å². The average Bonchev–Trinajstić information content (AvgIpc) is 2.81. The number of para-hydroxylation sites is 1. The zero-order chi connectivity index (χ0) is 16.7. The van der Waals surface area contributed by atoms with Gasteiger partial charge in [0.1, 0.15) is 5.75 Å². The predicted octanol–water partition coefficient (Wildman–Crippen LogP) is 2.89. The fraction of sp³-hybridized carbons (Fsp3) is 0.632. The molecule has 4 nitrogen and oxygen atoms in total. The molecule has 126 valence electrons. The van der Waals surface area contributed by atoms with Crippen LogP contribution in [0.4, 0.5) is 0 Å². The van der Waals surface area contributed by atoms with Crippen LogP contribution >= 0.6 is 0 Å². The first-order chi connectivity index (χ1) is 10.9. The van der Waals surface area contributed by atoms with Crippen LogP contribution in [0.3, 0.4) is 0 Å². The maximum atomic E-state index is 12.6. The average molecular weight is 317 g/mol. The molecule has 0 bridgehead atoms. The van der Waals surface area contributed by atoms with E-state index in [2.05, 4.69) is 13.8 Å². The lowest BCUT2D eigenvalue weighted by molar-refractivity contribution is -0.133. The standard InChI is InChI=1S/C19H27NO3/c1-14-7-5-6-8-15(14)23-10-17(21)20-9-16-18(2,3)11-19(16,12-20)13-22-4/h5-8,16H,9-13H2,1-4H3/t16-,19-/m1/s1. The Morgan fingerprint density at radius 2 is 2.09 bits per heavy atom. The van der Waals surface area contributed by atoms with Gasteiger partial charge in [-0.15, -0.1) is 0 Å². The Kier molecular flexibility index (Phi) is 4.13. The van der Waals surface area contributed by atoms with Crippen molar-refractivity contribution in [3.8, 4) is 5.75 Å². The summed E-state index contributed by atoms with van der Waals surface area (Å²) in [5.74, 6) is 1.39. The van der Waals surface area contributed by atoms with E-state index in [1.54, 1.807) is 7.11 Å². The number of carbonyl (C=O) groups is 1. The fourth-order valence-corrected chi connectivity index (χ4v) is 4.75. The SMILES string of the molecule is COC[C@@]12CN(C(=O)COc3ccccc3C)C[C@@H]1C(C)(C)C2. The number of methoxy groups -OCH3 is 1. The number of hydrogen-bond acceptors (Lipinski definition) is 3. The summed E-state index contributed by atoms with van der Waals surface area (Å²) in [7, 11) is 1.75. The van der Waals surface area contributed by atoms with Crippen LogP contribution < -0.4 is 4.74 Å². The minimum Gasteiger partial charge on any atom is -0.484 e. The molecule has 1 saturated carbocycles. The lowest BCUT2D eigenvalue weighted by Gasteiger charge is -2.56. The summed E-state index contributed by atoms with van der Waals surface area (Å²) >= 11 is 0. The number of rotatable bonds is 5. The van der Waals surface area contributed by atoms with E-state index in [0.717, 1.165) is 37.4 Å². The number of hydrogen-bond donors (Lipinski definition) is 0. The lowest BCUT2D eigenvalue weighted by Crippen LogP contribution is -2.55. The smallest absolute Gasteiger partial charge is 0.260 e. The van der Waals surface area contributed by atoms with Crippen molar-refractivity contribution in [3.05, 3.63) is 29.8 Å². The van der Waals surface area contributed by atoms with E-state index >= 15 is 0 Å². The Bertz CT molecular complexity index is 598. The van der Waals surface area contributed by atoms with Crippen LogP contribution in [-0.2, 0) is 9.53 Å². The molecular formula is C19H27NO3. The summed E-state index contributed by atoms with van der Waals surface area (Å²) in [4.78, 5) is 14.5. The Labute approximate surface area is 138 Å². The molecule has 0 N–H and O–H groups in total. The molecule has 2 atom stereocenters. The highest BCUT2D eigenvalue weighted by Gasteiger charge is 2.63. The first kappa shape index (κ1) is 16.3. The molecule has 23 heavy (non-hydrogen) atoms. The van der Waals surface area contributed by atoms with Crippen molar-refractivity contribution in [2.45, 2.75) is 27.2 Å². The highest BCUT2D eigenvalue weighted by molar-refractivity contribution is 5.78. The van der Waals surface area contributed by atoms with Crippen molar-refractivity contribution < 1.29 is 14.3 Å². The van der Waals surface area contributed by atoms with Crippen molar-refractivity contribution in [1.29, 1.82) is 0 Å². The van der Waals surface area contributed by atoms with Crippen molar-refractivity contribution in [2.24, 2.45) is 16.7 Å². The van der Waals surface area contributed by atoms with Gasteiger partial charge in [0.15, 0.2) is 6.61 Å². The molecule has 0 radical (unpaired) electrons. The third kappa shape index (κ3) is 2.85. The Balaban J connectivity index is 1.62. The van der Waals surface area contributed by atoms with Gasteiger partial charge in [-0.2, -0.15) is 0 Å². The van der Waals surface area contributed by atoms with Gasteiger partial charge in [-0.05, 0) is 36.3 Å². The van der Waals surface area contributed by atoms with Crippen LogP contribution in [-0.4, -0.2) is 44.2 Å². The fourth-order valence-electron chi connectivity index (χ4n) is 4.75. The molecule has 1 amide bonds. The normalized spacial score (nSPS) is 28.2. The van der Waals surface area contributed by atoms with E-state index < -0.39 is 0 Å². The number of ether oxygens (including phenoxy) is 2. The number of amides is 1. The molecule has 2 fully saturated rings. The van der Waals surface area contributed by atoms with E-state index in [4.69, 9.17) is 9.47 Å². The van der Waals surface area contributed by atoms with Crippen LogP contribution in [0, 0.1) is 23.7 Å². The third-order valence-corrected chi connectivity index (χ3v) is 5.63. The first-order valence-electron chi connectivity index (χ1n) is 8.33. The quantitative estimate of drug-likeness (QED) is 0.838. The van der Waals surface area contributed by atoms with Crippen LogP contribution in [0.5, 0.6) is 5.75 Å². The highest BCUT2D eigenvalue weighted by atomic mass is 16.5. The molecule has 1 saturated heterocycles. The van der Waals surface area contributed by atoms with Gasteiger partial charge in [0.25, 0.3) is 5.91 Å². The molecular weight excluding hydrogens is 290 g/mol. The predicted molar refractivity (Wildman–Crippen MR) is 89.5 cm³/mol. The molecule has 3 rings (SSSR count). The van der Waals surface area contributed by atoms with Crippen LogP contribution in [0.25, 0.3) is 0 Å². The van der Waals surface area contributed by atoms with Crippen LogP contribution in [0.15, 0.2) is 24.3 Å². The Morgan fingerprint density at radius 3 is 2.74 bits per heavy atom. The summed E-state index contributed by atoms with van der Waals surface area (Å²) in [5, 5.41) is 0. The van der Waals surface area contributed by atoms with E-state index in [0.29, 0.717) is 11.3 Å². The van der Waals surface area contributed by atoms with Gasteiger partial charge in [-0.3, -0.25) is 4.79 Å². The second-order valence-corrected chi connectivity index (χ2v) is 7.84. The molecule has 1 aliphatic carbocycles. The van der Waals surface area contributed by atoms with Gasteiger partial charge in [0.2, 0.25) is 0 Å². The molecule has 1 aliphatic heterocycles. The number of nitrogens with zero attached hydrogens (tertiary/aromatic N) is 1. The number of carbonyl (C=O) groups excluding carboxylic acids is 1. The van der Waals surface area contributed by atoms with Gasteiger partial charge in [0.05, 0.1) is 6.61 Å². The number of fused-ring (bicyclic) bond motifs is 1. The van der Waals surface area contributed by atoms with E-state index in [-0.39, 0.29) is 17.9 Å². The lowest BCUT2D eigenvalue weighted by atomic mass is 9.48. The van der Waals surface area contributed by atoms with Gasteiger partial charge >= 0.3 is 0 Å². The summed E-state index contributed by atoms with van der Waals surface area (Å²) in [5.41, 5.74) is 1.50. The van der Waals surface area contributed by atoms with Crippen LogP contribution in [0.2, 0.25) is 0 Å². The second-order valence-electron chi connectivity index (χ2n) is 7.84. The first-order valence-corrected chi connectivity index (χ1v) is 8.33. The molecule has 0 spiro atoms. The third-order valence-electron chi connectivity index (χ3n) is 5.63. The maximum Gasteiger partial charge on any atom is 0.260 e. The van der Waals surface area contributed by atoms with Gasteiger partial charge in [-0.25, -0.2) is 0 Å². The zero-order valence-corrected chi connectivity index (χ0v) is 14.6. The van der Waals surface area contributed by atoms with Crippen molar-refractivity contribution in [1.82, 2.24) is 4.90 Å². The number of likely N-dealkylation sites (tertiary alicyclic amines) is 1. The Morgan fingerprint density at radius 1 is 1.35 bits per heavy atom. The minimum atomic E-state index is 0.0777. The summed E-state index contributed by atoms with van der Waals surface area (Å²) in [6.07, 6.45) is 1.13. The zero-order valence-electron chi connectivity index (χ0n) is 14.6. The summed E-state index contributed by atoms with van der Waals surface area (Å²) < 4.78 is 11.2. The van der Waals surface area contributed by atoms with Gasteiger partial charge < -0.3 is 14.4 Å². The van der Waals surface area contributed by atoms with Gasteiger partial charge in [-0.1, -0.05) is 32.0 Å². The molecule has 2 aliphatic rings. The topological polar surface area (TPSA) is 38.8 Å². The van der Waals surface area contributed by atoms with Crippen molar-refractivity contribution >= 4 is 5.91 Å². The van der Waals surface area contributed by atoms with E-state index in [9.17, 15) is 4.79 Å². The Hall–Kier alpha value is -1.55. The van der Waals surface area contributed by atoms with Crippen molar-refractivity contribution in [3.63, 3.8) is 0 Å². The minimum absolute atomic E-state index is 0.0777. The number of aryl methyl sites for hydroxylation is 1. The van der Waals surface area contributed by atoms with E-state index in [1.165, 1.54) is 0 Å². The largest absolute Gasteiger partial charge is 0.484 e. The van der Waals surface area contributed by atoms with Gasteiger partial charge in [0, 0.05) is 25.6 Å². The maximum absolute atomic E-state index is 12.6. The monoisotopic (exact) mass is 317 g/mol. The molecule has 1 heterocycles. The van der Waals surface area contributed by atoms with Crippen molar-refractivity contribution in [2.75, 3.05) is 33.4 Å². The molecule has 0 aromatic heterocycles. The van der Waals surface area contributed by atoms with E-state index in [1.807, 2.05) is 36.1 Å². The highest BCUT2D eigenvalue weighted by Crippen LogP contribution is 2.62. The molecule has 0 unspecified atom stereocenters. The summed E-state index contributed by atoms with van der Waals surface area (Å²) in [6.45, 7) is 9.06. The summed E-state index contributed by atoms with van der Waals surface area (Å²) in [6, 6.07) is 7.80.